The predicted octanol–water partition coefficient (Wildman–Crippen LogP) is 2.13. The molecular weight excluding hydrogens is 406 g/mol. The number of aliphatic hydroxyl groups excluding tert-OH is 1. The summed E-state index contributed by atoms with van der Waals surface area (Å²) in [5.74, 6) is 0.696. The Labute approximate surface area is 188 Å². The van der Waals surface area contributed by atoms with Crippen LogP contribution in [0, 0.1) is 11.8 Å². The van der Waals surface area contributed by atoms with Crippen LogP contribution in [0.15, 0.2) is 41.2 Å². The molecule has 32 heavy (non-hydrogen) atoms. The zero-order valence-electron chi connectivity index (χ0n) is 18.7. The molecule has 1 aromatic heterocycles. The standard InChI is InChI=1S/C25H31N3O4/c1-26-22-19(20(15-29)23(26)25(31)27-11-4-3-5-12-27)14-28-21(22)10-9-18(24(28)30)16-7-6-8-17(13-16)32-2/h6-10,13,19-20,22-23,29H,3-5,11-12,14-15H2,1-2H3/t19-,20-,22+,23-/m0/s1. The molecule has 1 aromatic carbocycles. The van der Waals surface area contributed by atoms with Crippen LogP contribution in [0.3, 0.4) is 0 Å². The average Bonchev–Trinajstić information content (AvgIpc) is 3.34. The summed E-state index contributed by atoms with van der Waals surface area (Å²) in [6, 6.07) is 11.0. The Bertz CT molecular complexity index is 1080. The number of ether oxygens (including phenoxy) is 1. The monoisotopic (exact) mass is 437 g/mol. The van der Waals surface area contributed by atoms with Crippen molar-refractivity contribution in [3.05, 3.63) is 52.4 Å². The normalized spacial score (nSPS) is 27.3. The Morgan fingerprint density at radius 2 is 1.94 bits per heavy atom. The van der Waals surface area contributed by atoms with Gasteiger partial charge in [-0.1, -0.05) is 12.1 Å². The topological polar surface area (TPSA) is 75.0 Å². The van der Waals surface area contributed by atoms with E-state index in [1.165, 1.54) is 6.42 Å². The Morgan fingerprint density at radius 1 is 1.16 bits per heavy atom. The van der Waals surface area contributed by atoms with Crippen LogP contribution in [0.2, 0.25) is 0 Å². The summed E-state index contributed by atoms with van der Waals surface area (Å²) in [6.07, 6.45) is 3.26. The second kappa shape index (κ2) is 8.37. The fourth-order valence-corrected chi connectivity index (χ4v) is 6.06. The number of fused-ring (bicyclic) bond motifs is 3. The predicted molar refractivity (Wildman–Crippen MR) is 121 cm³/mol. The van der Waals surface area contributed by atoms with E-state index in [1.807, 2.05) is 52.9 Å². The number of pyridine rings is 1. The second-order valence-electron chi connectivity index (χ2n) is 9.27. The molecule has 170 valence electrons. The van der Waals surface area contributed by atoms with Crippen molar-refractivity contribution >= 4 is 5.91 Å². The SMILES string of the molecule is COc1cccc(-c2ccc3n(c2=O)C[C@H]2[C@H](CO)[C@@H](C(=O)N4CCCCC4)N(C)[C@@H]32)c1. The van der Waals surface area contributed by atoms with Crippen molar-refractivity contribution in [1.29, 1.82) is 0 Å². The Hall–Kier alpha value is -2.64. The first-order valence-electron chi connectivity index (χ1n) is 11.5. The lowest BCUT2D eigenvalue weighted by molar-refractivity contribution is -0.138. The van der Waals surface area contributed by atoms with Crippen LogP contribution in [0.1, 0.15) is 31.0 Å². The third-order valence-corrected chi connectivity index (χ3v) is 7.66. The number of benzene rings is 1. The van der Waals surface area contributed by atoms with E-state index in [-0.39, 0.29) is 42.0 Å². The molecule has 2 aromatic rings. The van der Waals surface area contributed by atoms with Crippen molar-refractivity contribution in [1.82, 2.24) is 14.4 Å². The first-order chi connectivity index (χ1) is 15.5. The molecule has 0 spiro atoms. The van der Waals surface area contributed by atoms with E-state index in [9.17, 15) is 14.7 Å². The molecule has 0 bridgehead atoms. The van der Waals surface area contributed by atoms with E-state index < -0.39 is 0 Å². The van der Waals surface area contributed by atoms with Gasteiger partial charge in [0, 0.05) is 49.3 Å². The lowest BCUT2D eigenvalue weighted by Gasteiger charge is -2.34. The number of amides is 1. The molecule has 7 heteroatoms. The molecule has 4 atom stereocenters. The second-order valence-corrected chi connectivity index (χ2v) is 9.27. The number of nitrogens with zero attached hydrogens (tertiary/aromatic N) is 3. The number of carbonyl (C=O) groups excluding carboxylic acids is 1. The molecule has 0 saturated carbocycles. The van der Waals surface area contributed by atoms with Gasteiger partial charge >= 0.3 is 0 Å². The highest BCUT2D eigenvalue weighted by Crippen LogP contribution is 2.48. The minimum Gasteiger partial charge on any atom is -0.497 e. The Kier molecular flexibility index (Phi) is 5.55. The molecule has 1 amide bonds. The minimum absolute atomic E-state index is 0.0332. The maximum Gasteiger partial charge on any atom is 0.258 e. The third-order valence-electron chi connectivity index (χ3n) is 7.66. The van der Waals surface area contributed by atoms with Crippen molar-refractivity contribution in [2.24, 2.45) is 11.8 Å². The van der Waals surface area contributed by atoms with Crippen molar-refractivity contribution in [2.45, 2.75) is 37.9 Å². The number of rotatable bonds is 4. The molecule has 3 aliphatic rings. The van der Waals surface area contributed by atoms with E-state index in [1.54, 1.807) is 7.11 Å². The molecule has 2 fully saturated rings. The van der Waals surface area contributed by atoms with Crippen molar-refractivity contribution in [2.75, 3.05) is 33.9 Å². The summed E-state index contributed by atoms with van der Waals surface area (Å²) in [6.45, 7) is 2.07. The number of hydrogen-bond donors (Lipinski definition) is 1. The summed E-state index contributed by atoms with van der Waals surface area (Å²) in [4.78, 5) is 30.9. The van der Waals surface area contributed by atoms with Crippen molar-refractivity contribution in [3.8, 4) is 16.9 Å². The molecule has 0 unspecified atom stereocenters. The quantitative estimate of drug-likeness (QED) is 0.793. The number of aromatic nitrogens is 1. The number of methoxy groups -OCH3 is 1. The van der Waals surface area contributed by atoms with E-state index >= 15 is 0 Å². The third kappa shape index (κ3) is 3.26. The van der Waals surface area contributed by atoms with E-state index in [2.05, 4.69) is 4.90 Å². The summed E-state index contributed by atoms with van der Waals surface area (Å²) in [5.41, 5.74) is 2.36. The number of aliphatic hydroxyl groups is 1. The summed E-state index contributed by atoms with van der Waals surface area (Å²) >= 11 is 0. The maximum absolute atomic E-state index is 13.4. The van der Waals surface area contributed by atoms with Crippen molar-refractivity contribution < 1.29 is 14.6 Å². The van der Waals surface area contributed by atoms with Gasteiger partial charge < -0.3 is 19.3 Å². The molecule has 1 N–H and O–H groups in total. The lowest BCUT2D eigenvalue weighted by Crippen LogP contribution is -2.50. The average molecular weight is 438 g/mol. The van der Waals surface area contributed by atoms with Gasteiger partial charge in [-0.15, -0.1) is 0 Å². The number of hydrogen-bond acceptors (Lipinski definition) is 5. The van der Waals surface area contributed by atoms with Gasteiger partial charge in [0.15, 0.2) is 0 Å². The highest BCUT2D eigenvalue weighted by atomic mass is 16.5. The van der Waals surface area contributed by atoms with E-state index in [0.717, 1.165) is 37.2 Å². The Balaban J connectivity index is 1.48. The highest BCUT2D eigenvalue weighted by molar-refractivity contribution is 5.83. The minimum atomic E-state index is -0.338. The summed E-state index contributed by atoms with van der Waals surface area (Å²) < 4.78 is 7.16. The molecule has 5 rings (SSSR count). The largest absolute Gasteiger partial charge is 0.497 e. The number of carbonyl (C=O) groups is 1. The van der Waals surface area contributed by atoms with Crippen LogP contribution in [-0.4, -0.2) is 65.3 Å². The maximum atomic E-state index is 13.4. The van der Waals surface area contributed by atoms with Crippen LogP contribution in [0.25, 0.3) is 11.1 Å². The number of likely N-dealkylation sites (tertiary alicyclic amines) is 2. The molecule has 2 saturated heterocycles. The first-order valence-corrected chi connectivity index (χ1v) is 11.5. The Morgan fingerprint density at radius 3 is 2.66 bits per heavy atom. The van der Waals surface area contributed by atoms with Crippen LogP contribution in [-0.2, 0) is 11.3 Å². The van der Waals surface area contributed by atoms with Gasteiger partial charge in [0.05, 0.1) is 19.2 Å². The van der Waals surface area contributed by atoms with Crippen LogP contribution >= 0.6 is 0 Å². The van der Waals surface area contributed by atoms with Crippen molar-refractivity contribution in [3.63, 3.8) is 0 Å². The zero-order valence-corrected chi connectivity index (χ0v) is 18.7. The van der Waals surface area contributed by atoms with E-state index in [4.69, 9.17) is 4.74 Å². The van der Waals surface area contributed by atoms with Crippen LogP contribution in [0.5, 0.6) is 5.75 Å². The van der Waals surface area contributed by atoms with Gasteiger partial charge in [-0.05, 0) is 56.1 Å². The van der Waals surface area contributed by atoms with Gasteiger partial charge in [-0.2, -0.15) is 0 Å². The van der Waals surface area contributed by atoms with Gasteiger partial charge in [0.1, 0.15) is 5.75 Å². The number of likely N-dealkylation sites (N-methyl/N-ethyl adjacent to an activating group) is 1. The fraction of sp³-hybridized carbons (Fsp3) is 0.520. The molecule has 7 nitrogen and oxygen atoms in total. The van der Waals surface area contributed by atoms with Gasteiger partial charge in [0.2, 0.25) is 5.91 Å². The molecule has 0 radical (unpaired) electrons. The van der Waals surface area contributed by atoms with Gasteiger partial charge in [0.25, 0.3) is 5.56 Å². The molecule has 0 aliphatic carbocycles. The van der Waals surface area contributed by atoms with Gasteiger partial charge in [-0.3, -0.25) is 14.5 Å². The van der Waals surface area contributed by atoms with Gasteiger partial charge in [-0.25, -0.2) is 0 Å². The zero-order chi connectivity index (χ0) is 22.4. The smallest absolute Gasteiger partial charge is 0.258 e. The van der Waals surface area contributed by atoms with Crippen LogP contribution in [0.4, 0.5) is 0 Å². The highest BCUT2D eigenvalue weighted by Gasteiger charge is 2.54. The summed E-state index contributed by atoms with van der Waals surface area (Å²) in [7, 11) is 3.58. The number of piperidine rings is 1. The fourth-order valence-electron chi connectivity index (χ4n) is 6.06. The molecule has 4 heterocycles. The summed E-state index contributed by atoms with van der Waals surface area (Å²) in [5, 5.41) is 10.3. The van der Waals surface area contributed by atoms with Crippen LogP contribution < -0.4 is 10.3 Å². The molecule has 3 aliphatic heterocycles. The van der Waals surface area contributed by atoms with E-state index in [0.29, 0.717) is 17.9 Å². The lowest BCUT2D eigenvalue weighted by atomic mass is 9.88. The first kappa shape index (κ1) is 21.2. The molecular formula is C25H31N3O4.